The lowest BCUT2D eigenvalue weighted by Crippen LogP contribution is -2.23. The van der Waals surface area contributed by atoms with Gasteiger partial charge in [-0.15, -0.1) is 22.7 Å². The minimum Gasteiger partial charge on any atom is -0.352 e. The molecular weight excluding hydrogens is 238 g/mol. The Kier molecular flexibility index (Phi) is 3.41. The zero-order valence-electron chi connectivity index (χ0n) is 9.08. The van der Waals surface area contributed by atoms with E-state index in [2.05, 4.69) is 30.3 Å². The molecule has 1 amide bonds. The second kappa shape index (κ2) is 4.80. The van der Waals surface area contributed by atoms with E-state index in [0.29, 0.717) is 6.54 Å². The third kappa shape index (κ3) is 2.33. The van der Waals surface area contributed by atoms with Crippen molar-refractivity contribution >= 4 is 38.0 Å². The van der Waals surface area contributed by atoms with Crippen LogP contribution in [0, 0.1) is 6.92 Å². The van der Waals surface area contributed by atoms with Crippen LogP contribution in [-0.2, 0) is 11.2 Å². The Morgan fingerprint density at radius 3 is 3.19 bits per heavy atom. The molecule has 0 radical (unpaired) electrons. The molecule has 0 spiro atoms. The van der Waals surface area contributed by atoms with Crippen LogP contribution in [0.5, 0.6) is 0 Å². The van der Waals surface area contributed by atoms with Crippen LogP contribution in [-0.4, -0.2) is 12.5 Å². The van der Waals surface area contributed by atoms with Crippen LogP contribution in [0.25, 0.3) is 9.40 Å². The number of fused-ring (bicyclic) bond motifs is 1. The molecule has 2 aromatic rings. The van der Waals surface area contributed by atoms with Crippen molar-refractivity contribution in [3.8, 4) is 0 Å². The smallest absolute Gasteiger partial charge is 0.243 e. The summed E-state index contributed by atoms with van der Waals surface area (Å²) in [6, 6.07) is 2.22. The Labute approximate surface area is 103 Å². The highest BCUT2D eigenvalue weighted by atomic mass is 32.2. The molecule has 0 bridgehead atoms. The van der Waals surface area contributed by atoms with E-state index in [4.69, 9.17) is 0 Å². The normalized spacial score (nSPS) is 10.6. The van der Waals surface area contributed by atoms with Crippen molar-refractivity contribution in [1.82, 2.24) is 5.32 Å². The van der Waals surface area contributed by atoms with Crippen molar-refractivity contribution in [3.63, 3.8) is 0 Å². The SMILES string of the molecule is C=CC(=O)NCCc1csc2sc(C)cc12. The maximum Gasteiger partial charge on any atom is 0.243 e. The summed E-state index contributed by atoms with van der Waals surface area (Å²) in [6.07, 6.45) is 2.19. The number of rotatable bonds is 4. The lowest BCUT2D eigenvalue weighted by atomic mass is 10.2. The molecule has 16 heavy (non-hydrogen) atoms. The summed E-state index contributed by atoms with van der Waals surface area (Å²) in [6.45, 7) is 6.22. The van der Waals surface area contributed by atoms with Gasteiger partial charge >= 0.3 is 0 Å². The summed E-state index contributed by atoms with van der Waals surface area (Å²) in [4.78, 5) is 12.3. The molecule has 0 unspecified atom stereocenters. The first-order valence-corrected chi connectivity index (χ1v) is 6.77. The Morgan fingerprint density at radius 1 is 1.62 bits per heavy atom. The van der Waals surface area contributed by atoms with Crippen molar-refractivity contribution in [2.24, 2.45) is 0 Å². The minimum atomic E-state index is -0.104. The maximum atomic E-state index is 11.0. The highest BCUT2D eigenvalue weighted by Crippen LogP contribution is 2.33. The quantitative estimate of drug-likeness (QED) is 0.831. The molecule has 0 aromatic carbocycles. The van der Waals surface area contributed by atoms with E-state index in [9.17, 15) is 4.79 Å². The van der Waals surface area contributed by atoms with Crippen molar-refractivity contribution in [2.45, 2.75) is 13.3 Å². The fourth-order valence-electron chi connectivity index (χ4n) is 1.58. The van der Waals surface area contributed by atoms with Crippen LogP contribution in [0.4, 0.5) is 0 Å². The van der Waals surface area contributed by atoms with Gasteiger partial charge in [0.25, 0.3) is 0 Å². The average Bonchev–Trinajstić information content (AvgIpc) is 2.78. The first-order chi connectivity index (χ1) is 7.70. The van der Waals surface area contributed by atoms with Gasteiger partial charge in [0.15, 0.2) is 0 Å². The molecule has 0 aliphatic rings. The second-order valence-electron chi connectivity index (χ2n) is 3.56. The van der Waals surface area contributed by atoms with Gasteiger partial charge in [0, 0.05) is 16.8 Å². The van der Waals surface area contributed by atoms with Crippen LogP contribution in [0.2, 0.25) is 0 Å². The molecular formula is C12H13NOS2. The van der Waals surface area contributed by atoms with E-state index >= 15 is 0 Å². The lowest BCUT2D eigenvalue weighted by Gasteiger charge is -2.00. The largest absolute Gasteiger partial charge is 0.352 e. The predicted molar refractivity (Wildman–Crippen MR) is 71.3 cm³/mol. The van der Waals surface area contributed by atoms with Crippen LogP contribution >= 0.6 is 22.7 Å². The standard InChI is InChI=1S/C12H13NOS2/c1-3-11(14)13-5-4-9-7-15-12-10(9)6-8(2)16-12/h3,6-7H,1,4-5H2,2H3,(H,13,14). The number of nitrogens with one attached hydrogen (secondary N) is 1. The van der Waals surface area contributed by atoms with Crippen LogP contribution < -0.4 is 5.32 Å². The van der Waals surface area contributed by atoms with Gasteiger partial charge in [0.1, 0.15) is 0 Å². The first-order valence-electron chi connectivity index (χ1n) is 5.07. The number of aryl methyl sites for hydroxylation is 1. The summed E-state index contributed by atoms with van der Waals surface area (Å²) in [5, 5.41) is 6.32. The molecule has 0 aliphatic heterocycles. The number of amides is 1. The number of carbonyl (C=O) groups is 1. The van der Waals surface area contributed by atoms with E-state index in [1.807, 2.05) is 11.3 Å². The Balaban J connectivity index is 2.03. The molecule has 0 saturated carbocycles. The predicted octanol–water partition coefficient (Wildman–Crippen LogP) is 3.12. The monoisotopic (exact) mass is 251 g/mol. The summed E-state index contributed by atoms with van der Waals surface area (Å²) in [5.74, 6) is -0.104. The minimum absolute atomic E-state index is 0.104. The number of thiophene rings is 2. The molecule has 1 N–H and O–H groups in total. The van der Waals surface area contributed by atoms with Gasteiger partial charge in [-0.05, 0) is 36.4 Å². The Morgan fingerprint density at radius 2 is 2.44 bits per heavy atom. The zero-order chi connectivity index (χ0) is 11.5. The number of carbonyl (C=O) groups excluding carboxylic acids is 1. The number of hydrogen-bond acceptors (Lipinski definition) is 3. The summed E-state index contributed by atoms with van der Waals surface area (Å²) >= 11 is 3.62. The van der Waals surface area contributed by atoms with E-state index in [-0.39, 0.29) is 5.91 Å². The fourth-order valence-corrected chi connectivity index (χ4v) is 3.89. The Bertz CT molecular complexity index is 524. The van der Waals surface area contributed by atoms with Gasteiger partial charge in [-0.2, -0.15) is 0 Å². The second-order valence-corrected chi connectivity index (χ2v) is 5.96. The van der Waals surface area contributed by atoms with Crippen molar-refractivity contribution in [2.75, 3.05) is 6.54 Å². The summed E-state index contributed by atoms with van der Waals surface area (Å²) < 4.78 is 1.38. The highest BCUT2D eigenvalue weighted by Gasteiger charge is 2.06. The molecule has 2 aromatic heterocycles. The molecule has 2 rings (SSSR count). The fraction of sp³-hybridized carbons (Fsp3) is 0.250. The van der Waals surface area contributed by atoms with E-state index in [1.54, 1.807) is 11.3 Å². The van der Waals surface area contributed by atoms with Gasteiger partial charge in [-0.3, -0.25) is 4.79 Å². The number of hydrogen-bond donors (Lipinski definition) is 1. The molecule has 0 atom stereocenters. The van der Waals surface area contributed by atoms with Gasteiger partial charge in [0.2, 0.25) is 5.91 Å². The zero-order valence-corrected chi connectivity index (χ0v) is 10.7. The average molecular weight is 251 g/mol. The lowest BCUT2D eigenvalue weighted by molar-refractivity contribution is -0.116. The van der Waals surface area contributed by atoms with E-state index in [1.165, 1.54) is 25.9 Å². The molecule has 0 saturated heterocycles. The molecule has 2 heterocycles. The third-order valence-electron chi connectivity index (χ3n) is 2.35. The maximum absolute atomic E-state index is 11.0. The highest BCUT2D eigenvalue weighted by molar-refractivity contribution is 7.37. The molecule has 84 valence electrons. The van der Waals surface area contributed by atoms with E-state index < -0.39 is 0 Å². The molecule has 4 heteroatoms. The van der Waals surface area contributed by atoms with Crippen molar-refractivity contribution < 1.29 is 4.79 Å². The van der Waals surface area contributed by atoms with Gasteiger partial charge in [-0.1, -0.05) is 6.58 Å². The van der Waals surface area contributed by atoms with Crippen LogP contribution in [0.1, 0.15) is 10.4 Å². The van der Waals surface area contributed by atoms with Gasteiger partial charge < -0.3 is 5.32 Å². The molecule has 0 fully saturated rings. The third-order valence-corrected chi connectivity index (χ3v) is 4.57. The van der Waals surface area contributed by atoms with Crippen molar-refractivity contribution in [3.05, 3.63) is 34.5 Å². The topological polar surface area (TPSA) is 29.1 Å². The summed E-state index contributed by atoms with van der Waals surface area (Å²) in [7, 11) is 0. The summed E-state index contributed by atoms with van der Waals surface area (Å²) in [5.41, 5.74) is 1.33. The van der Waals surface area contributed by atoms with Gasteiger partial charge in [-0.25, -0.2) is 0 Å². The molecule has 2 nitrogen and oxygen atoms in total. The Hall–Kier alpha value is -1.13. The van der Waals surface area contributed by atoms with E-state index in [0.717, 1.165) is 6.42 Å². The first kappa shape index (κ1) is 11.4. The van der Waals surface area contributed by atoms with Crippen molar-refractivity contribution in [1.29, 1.82) is 0 Å². The van der Waals surface area contributed by atoms with Crippen LogP contribution in [0.3, 0.4) is 0 Å². The van der Waals surface area contributed by atoms with Crippen LogP contribution in [0.15, 0.2) is 24.1 Å². The molecule has 0 aliphatic carbocycles. The van der Waals surface area contributed by atoms with Gasteiger partial charge in [0.05, 0.1) is 4.01 Å².